The molecule has 0 amide bonds. The Kier molecular flexibility index (Phi) is 5.71. The fraction of sp³-hybridized carbons (Fsp3) is 0.455. The Morgan fingerprint density at radius 3 is 2.42 bits per heavy atom. The van der Waals surface area contributed by atoms with E-state index in [1.54, 1.807) is 0 Å². The van der Waals surface area contributed by atoms with Crippen LogP contribution in [0, 0.1) is 10.1 Å². The van der Waals surface area contributed by atoms with Gasteiger partial charge in [-0.15, -0.1) is 11.6 Å². The van der Waals surface area contributed by atoms with Gasteiger partial charge in [-0.1, -0.05) is 0 Å². The van der Waals surface area contributed by atoms with Gasteiger partial charge in [-0.05, 0) is 31.9 Å². The first-order valence-electron chi connectivity index (χ1n) is 5.61. The first-order valence-corrected chi connectivity index (χ1v) is 7.45. The SMILES string of the molecule is CC(Cl)CCCOS(=O)(=O)c1ccc([N+](=O)[O-])cc1. The molecule has 0 saturated heterocycles. The highest BCUT2D eigenvalue weighted by atomic mass is 35.5. The number of hydrogen-bond donors (Lipinski definition) is 0. The molecular weight excluding hydrogens is 294 g/mol. The van der Waals surface area contributed by atoms with Gasteiger partial charge in [0.05, 0.1) is 16.4 Å². The van der Waals surface area contributed by atoms with E-state index in [9.17, 15) is 18.5 Å². The number of rotatable bonds is 7. The van der Waals surface area contributed by atoms with E-state index in [4.69, 9.17) is 15.8 Å². The molecule has 0 aromatic heterocycles. The van der Waals surface area contributed by atoms with Crippen molar-refractivity contribution in [2.24, 2.45) is 0 Å². The molecule has 106 valence electrons. The third-order valence-corrected chi connectivity index (χ3v) is 3.87. The Morgan fingerprint density at radius 2 is 1.95 bits per heavy atom. The van der Waals surface area contributed by atoms with Crippen LogP contribution in [0.25, 0.3) is 0 Å². The monoisotopic (exact) mass is 307 g/mol. The molecule has 0 N–H and O–H groups in total. The molecular formula is C11H14ClNO5S. The number of nitro benzene ring substituents is 1. The molecule has 1 rings (SSSR count). The lowest BCUT2D eigenvalue weighted by molar-refractivity contribution is -0.384. The van der Waals surface area contributed by atoms with Gasteiger partial charge in [0.15, 0.2) is 0 Å². The summed E-state index contributed by atoms with van der Waals surface area (Å²) < 4.78 is 28.3. The van der Waals surface area contributed by atoms with Crippen LogP contribution in [0.5, 0.6) is 0 Å². The molecule has 0 aliphatic carbocycles. The zero-order valence-electron chi connectivity index (χ0n) is 10.3. The minimum absolute atomic E-state index is 0.0364. The van der Waals surface area contributed by atoms with E-state index >= 15 is 0 Å². The Balaban J connectivity index is 2.64. The summed E-state index contributed by atoms with van der Waals surface area (Å²) in [4.78, 5) is 9.75. The van der Waals surface area contributed by atoms with Crippen molar-refractivity contribution in [3.05, 3.63) is 34.4 Å². The fourth-order valence-electron chi connectivity index (χ4n) is 1.34. The molecule has 0 spiro atoms. The molecule has 1 aromatic carbocycles. The van der Waals surface area contributed by atoms with Gasteiger partial charge in [0, 0.05) is 17.5 Å². The molecule has 19 heavy (non-hydrogen) atoms. The number of nitrogens with zero attached hydrogens (tertiary/aromatic N) is 1. The molecule has 0 aliphatic rings. The first-order chi connectivity index (χ1) is 8.83. The maximum Gasteiger partial charge on any atom is 0.296 e. The van der Waals surface area contributed by atoms with Crippen LogP contribution in [0.4, 0.5) is 5.69 Å². The molecule has 1 unspecified atom stereocenters. The molecule has 8 heteroatoms. The summed E-state index contributed by atoms with van der Waals surface area (Å²) in [5.41, 5.74) is -0.171. The van der Waals surface area contributed by atoms with Gasteiger partial charge in [-0.2, -0.15) is 8.42 Å². The van der Waals surface area contributed by atoms with E-state index in [1.807, 2.05) is 6.92 Å². The number of benzene rings is 1. The molecule has 0 aliphatic heterocycles. The van der Waals surface area contributed by atoms with E-state index in [0.717, 1.165) is 24.3 Å². The zero-order valence-corrected chi connectivity index (χ0v) is 11.9. The molecule has 0 radical (unpaired) electrons. The normalized spacial score (nSPS) is 13.2. The number of hydrogen-bond acceptors (Lipinski definition) is 5. The Hall–Kier alpha value is -1.18. The van der Waals surface area contributed by atoms with E-state index in [0.29, 0.717) is 12.8 Å². The smallest absolute Gasteiger partial charge is 0.266 e. The van der Waals surface area contributed by atoms with Crippen LogP contribution in [-0.4, -0.2) is 25.3 Å². The minimum atomic E-state index is -3.87. The van der Waals surface area contributed by atoms with Crippen molar-refractivity contribution in [2.75, 3.05) is 6.61 Å². The maximum absolute atomic E-state index is 11.7. The highest BCUT2D eigenvalue weighted by molar-refractivity contribution is 7.86. The summed E-state index contributed by atoms with van der Waals surface area (Å²) in [7, 11) is -3.87. The lowest BCUT2D eigenvalue weighted by atomic mass is 10.3. The van der Waals surface area contributed by atoms with E-state index in [2.05, 4.69) is 0 Å². The largest absolute Gasteiger partial charge is 0.296 e. The quantitative estimate of drug-likeness (QED) is 0.254. The second-order valence-electron chi connectivity index (χ2n) is 3.95. The average Bonchev–Trinajstić information content (AvgIpc) is 2.34. The second-order valence-corrected chi connectivity index (χ2v) is 6.31. The van der Waals surface area contributed by atoms with Crippen LogP contribution < -0.4 is 0 Å². The zero-order chi connectivity index (χ0) is 14.5. The molecule has 1 atom stereocenters. The van der Waals surface area contributed by atoms with Crippen molar-refractivity contribution in [1.29, 1.82) is 0 Å². The summed E-state index contributed by atoms with van der Waals surface area (Å²) in [6.45, 7) is 1.85. The van der Waals surface area contributed by atoms with Crippen LogP contribution in [0.1, 0.15) is 19.8 Å². The molecule has 0 fully saturated rings. The Labute approximate surface area is 116 Å². The van der Waals surface area contributed by atoms with Gasteiger partial charge < -0.3 is 0 Å². The second kappa shape index (κ2) is 6.83. The van der Waals surface area contributed by atoms with Gasteiger partial charge in [-0.3, -0.25) is 14.3 Å². The van der Waals surface area contributed by atoms with Gasteiger partial charge in [0.25, 0.3) is 15.8 Å². The number of nitro groups is 1. The van der Waals surface area contributed by atoms with Crippen LogP contribution in [0.15, 0.2) is 29.2 Å². The Morgan fingerprint density at radius 1 is 1.37 bits per heavy atom. The van der Waals surface area contributed by atoms with Crippen LogP contribution in [0.2, 0.25) is 0 Å². The van der Waals surface area contributed by atoms with Crippen LogP contribution in [-0.2, 0) is 14.3 Å². The van der Waals surface area contributed by atoms with E-state index in [1.165, 1.54) is 0 Å². The van der Waals surface area contributed by atoms with Crippen molar-refractivity contribution >= 4 is 27.4 Å². The van der Waals surface area contributed by atoms with Gasteiger partial charge in [0.1, 0.15) is 0 Å². The van der Waals surface area contributed by atoms with E-state index < -0.39 is 15.0 Å². The predicted molar refractivity (Wildman–Crippen MR) is 70.8 cm³/mol. The molecule has 1 aromatic rings. The third kappa shape index (κ3) is 5.14. The van der Waals surface area contributed by atoms with E-state index in [-0.39, 0.29) is 22.6 Å². The topological polar surface area (TPSA) is 86.5 Å². The molecule has 6 nitrogen and oxygen atoms in total. The molecule has 0 bridgehead atoms. The standard InChI is InChI=1S/C11H14ClNO5S/c1-9(12)3-2-8-18-19(16,17)11-6-4-10(5-7-11)13(14)15/h4-7,9H,2-3,8H2,1H3. The molecule has 0 heterocycles. The van der Waals surface area contributed by atoms with Crippen molar-refractivity contribution in [3.8, 4) is 0 Å². The number of alkyl halides is 1. The van der Waals surface area contributed by atoms with Gasteiger partial charge in [-0.25, -0.2) is 0 Å². The van der Waals surface area contributed by atoms with Gasteiger partial charge in [0.2, 0.25) is 0 Å². The number of non-ortho nitro benzene ring substituents is 1. The fourth-order valence-corrected chi connectivity index (χ4v) is 2.43. The van der Waals surface area contributed by atoms with Crippen molar-refractivity contribution in [2.45, 2.75) is 30.0 Å². The minimum Gasteiger partial charge on any atom is -0.266 e. The maximum atomic E-state index is 11.7. The third-order valence-electron chi connectivity index (χ3n) is 2.32. The van der Waals surface area contributed by atoms with Crippen molar-refractivity contribution in [1.82, 2.24) is 0 Å². The van der Waals surface area contributed by atoms with Gasteiger partial charge >= 0.3 is 0 Å². The Bertz CT molecular complexity index is 527. The summed E-state index contributed by atoms with van der Waals surface area (Å²) in [6.07, 6.45) is 1.17. The summed E-state index contributed by atoms with van der Waals surface area (Å²) in [5, 5.41) is 10.4. The number of halogens is 1. The highest BCUT2D eigenvalue weighted by Crippen LogP contribution is 2.18. The summed E-state index contributed by atoms with van der Waals surface area (Å²) in [5.74, 6) is 0. The highest BCUT2D eigenvalue weighted by Gasteiger charge is 2.16. The lowest BCUT2D eigenvalue weighted by Crippen LogP contribution is -2.08. The van der Waals surface area contributed by atoms with Crippen LogP contribution >= 0.6 is 11.6 Å². The lowest BCUT2D eigenvalue weighted by Gasteiger charge is -2.06. The van der Waals surface area contributed by atoms with Crippen LogP contribution in [0.3, 0.4) is 0 Å². The molecule has 0 saturated carbocycles. The summed E-state index contributed by atoms with van der Waals surface area (Å²) >= 11 is 5.72. The van der Waals surface area contributed by atoms with Crippen molar-refractivity contribution < 1.29 is 17.5 Å². The first kappa shape index (κ1) is 15.9. The van der Waals surface area contributed by atoms with Crippen molar-refractivity contribution in [3.63, 3.8) is 0 Å². The predicted octanol–water partition coefficient (Wildman–Crippen LogP) is 2.71. The average molecular weight is 308 g/mol. The summed E-state index contributed by atoms with van der Waals surface area (Å²) in [6, 6.07) is 4.55.